The average Bonchev–Trinajstić information content (AvgIpc) is 2.39. The predicted octanol–water partition coefficient (Wildman–Crippen LogP) is 1.22. The lowest BCUT2D eigenvalue weighted by Crippen LogP contribution is -2.55. The average molecular weight is 264 g/mol. The van der Waals surface area contributed by atoms with Crippen LogP contribution >= 0.6 is 0 Å². The zero-order chi connectivity index (χ0) is 14.3. The van der Waals surface area contributed by atoms with Gasteiger partial charge < -0.3 is 16.2 Å². The molecule has 0 spiro atoms. The van der Waals surface area contributed by atoms with Gasteiger partial charge in [-0.3, -0.25) is 4.79 Å². The topological polar surface area (TPSA) is 75.4 Å². The van der Waals surface area contributed by atoms with E-state index in [0.29, 0.717) is 12.8 Å². The van der Waals surface area contributed by atoms with Gasteiger partial charge in [0.2, 0.25) is 5.91 Å². The molecule has 4 nitrogen and oxygen atoms in total. The highest BCUT2D eigenvalue weighted by Crippen LogP contribution is 2.10. The molecule has 0 aliphatic heterocycles. The fourth-order valence-electron chi connectivity index (χ4n) is 2.04. The Morgan fingerprint density at radius 1 is 1.42 bits per heavy atom. The third kappa shape index (κ3) is 5.01. The maximum Gasteiger partial charge on any atom is 0.240 e. The Balaban J connectivity index is 2.60. The summed E-state index contributed by atoms with van der Waals surface area (Å²) < 4.78 is 0. The van der Waals surface area contributed by atoms with Crippen LogP contribution in [-0.2, 0) is 11.2 Å². The summed E-state index contributed by atoms with van der Waals surface area (Å²) in [6.07, 6.45) is 2.08. The van der Waals surface area contributed by atoms with Crippen LogP contribution in [0.3, 0.4) is 0 Å². The minimum Gasteiger partial charge on any atom is -0.394 e. The summed E-state index contributed by atoms with van der Waals surface area (Å²) in [7, 11) is 0. The summed E-state index contributed by atoms with van der Waals surface area (Å²) in [4.78, 5) is 12.1. The summed E-state index contributed by atoms with van der Waals surface area (Å²) in [6.45, 7) is 3.62. The van der Waals surface area contributed by atoms with Crippen molar-refractivity contribution in [1.82, 2.24) is 5.32 Å². The van der Waals surface area contributed by atoms with Gasteiger partial charge in [-0.2, -0.15) is 0 Å². The Morgan fingerprint density at radius 3 is 2.58 bits per heavy atom. The number of rotatable bonds is 7. The van der Waals surface area contributed by atoms with E-state index in [-0.39, 0.29) is 18.6 Å². The van der Waals surface area contributed by atoms with Crippen LogP contribution in [0.15, 0.2) is 30.3 Å². The first kappa shape index (κ1) is 15.7. The van der Waals surface area contributed by atoms with Crippen molar-refractivity contribution in [1.29, 1.82) is 0 Å². The molecular weight excluding hydrogens is 240 g/mol. The maximum absolute atomic E-state index is 12.1. The van der Waals surface area contributed by atoms with E-state index in [0.717, 1.165) is 12.0 Å². The highest BCUT2D eigenvalue weighted by molar-refractivity contribution is 5.85. The van der Waals surface area contributed by atoms with Crippen molar-refractivity contribution in [2.75, 3.05) is 6.61 Å². The quantitative estimate of drug-likeness (QED) is 0.693. The minimum absolute atomic E-state index is 0.0944. The molecule has 1 amide bonds. The lowest BCUT2D eigenvalue weighted by Gasteiger charge is -2.26. The number of nitrogens with two attached hydrogens (primary N) is 1. The van der Waals surface area contributed by atoms with Gasteiger partial charge in [0.15, 0.2) is 0 Å². The monoisotopic (exact) mass is 264 g/mol. The van der Waals surface area contributed by atoms with Crippen LogP contribution in [-0.4, -0.2) is 29.2 Å². The van der Waals surface area contributed by atoms with Crippen molar-refractivity contribution >= 4 is 5.91 Å². The molecule has 4 N–H and O–H groups in total. The number of amides is 1. The first-order chi connectivity index (χ1) is 8.99. The van der Waals surface area contributed by atoms with Crippen molar-refractivity contribution in [2.24, 2.45) is 5.73 Å². The molecule has 0 aliphatic carbocycles. The molecule has 1 aromatic rings. The number of hydrogen-bond acceptors (Lipinski definition) is 3. The molecule has 0 radical (unpaired) electrons. The van der Waals surface area contributed by atoms with Gasteiger partial charge in [0.25, 0.3) is 0 Å². The largest absolute Gasteiger partial charge is 0.394 e. The Kier molecular flexibility index (Phi) is 5.99. The maximum atomic E-state index is 12.1. The van der Waals surface area contributed by atoms with Gasteiger partial charge >= 0.3 is 0 Å². The van der Waals surface area contributed by atoms with Crippen LogP contribution < -0.4 is 11.1 Å². The lowest BCUT2D eigenvalue weighted by atomic mass is 9.95. The minimum atomic E-state index is -0.876. The molecule has 1 rings (SSSR count). The van der Waals surface area contributed by atoms with E-state index >= 15 is 0 Å². The number of aliphatic hydroxyl groups is 1. The number of nitrogens with one attached hydrogen (secondary N) is 1. The molecular formula is C15H24N2O2. The standard InChI is InChI=1S/C15H24N2O2/c1-3-9-15(2,16)14(19)17-13(11-18)10-12-7-5-4-6-8-12/h4-8,13,18H,3,9-11,16H2,1-2H3,(H,17,19)/t13-,15?/m0/s1. The molecule has 0 saturated carbocycles. The highest BCUT2D eigenvalue weighted by Gasteiger charge is 2.28. The molecule has 2 atom stereocenters. The Hall–Kier alpha value is -1.39. The van der Waals surface area contributed by atoms with Gasteiger partial charge in [-0.15, -0.1) is 0 Å². The SMILES string of the molecule is CCCC(C)(N)C(=O)N[C@H](CO)Cc1ccccc1. The van der Waals surface area contributed by atoms with Crippen LogP contribution in [0.1, 0.15) is 32.3 Å². The van der Waals surface area contributed by atoms with E-state index in [1.165, 1.54) is 0 Å². The fraction of sp³-hybridized carbons (Fsp3) is 0.533. The fourth-order valence-corrected chi connectivity index (χ4v) is 2.04. The molecule has 0 aliphatic rings. The molecule has 1 unspecified atom stereocenters. The van der Waals surface area contributed by atoms with E-state index in [9.17, 15) is 9.90 Å². The van der Waals surface area contributed by atoms with Crippen molar-refractivity contribution in [3.8, 4) is 0 Å². The molecule has 0 aromatic heterocycles. The highest BCUT2D eigenvalue weighted by atomic mass is 16.3. The van der Waals surface area contributed by atoms with Gasteiger partial charge in [-0.1, -0.05) is 43.7 Å². The van der Waals surface area contributed by atoms with E-state index < -0.39 is 5.54 Å². The van der Waals surface area contributed by atoms with Crippen LogP contribution in [0.4, 0.5) is 0 Å². The molecule has 0 saturated heterocycles. The molecule has 4 heteroatoms. The Labute approximate surface area is 115 Å². The zero-order valence-electron chi connectivity index (χ0n) is 11.7. The van der Waals surface area contributed by atoms with Crippen LogP contribution in [0.5, 0.6) is 0 Å². The second-order valence-electron chi connectivity index (χ2n) is 5.21. The van der Waals surface area contributed by atoms with E-state index in [2.05, 4.69) is 5.32 Å². The number of aliphatic hydroxyl groups excluding tert-OH is 1. The van der Waals surface area contributed by atoms with Crippen molar-refractivity contribution in [3.05, 3.63) is 35.9 Å². The van der Waals surface area contributed by atoms with Crippen LogP contribution in [0.2, 0.25) is 0 Å². The van der Waals surface area contributed by atoms with Gasteiger partial charge in [0.05, 0.1) is 18.2 Å². The first-order valence-electron chi connectivity index (χ1n) is 6.74. The van der Waals surface area contributed by atoms with Gasteiger partial charge in [0, 0.05) is 0 Å². The second kappa shape index (κ2) is 7.26. The zero-order valence-corrected chi connectivity index (χ0v) is 11.7. The summed E-state index contributed by atoms with van der Waals surface area (Å²) >= 11 is 0. The van der Waals surface area contributed by atoms with E-state index in [1.54, 1.807) is 6.92 Å². The lowest BCUT2D eigenvalue weighted by molar-refractivity contribution is -0.127. The number of carbonyl (C=O) groups is 1. The van der Waals surface area contributed by atoms with Crippen molar-refractivity contribution in [3.63, 3.8) is 0 Å². The molecule has 106 valence electrons. The van der Waals surface area contributed by atoms with Gasteiger partial charge in [-0.25, -0.2) is 0 Å². The molecule has 0 bridgehead atoms. The number of carbonyl (C=O) groups excluding carboxylic acids is 1. The first-order valence-corrected chi connectivity index (χ1v) is 6.74. The summed E-state index contributed by atoms with van der Waals surface area (Å²) in [6, 6.07) is 9.47. The Morgan fingerprint density at radius 2 is 2.05 bits per heavy atom. The second-order valence-corrected chi connectivity index (χ2v) is 5.21. The van der Waals surface area contributed by atoms with E-state index in [4.69, 9.17) is 5.73 Å². The van der Waals surface area contributed by atoms with Crippen LogP contribution in [0, 0.1) is 0 Å². The predicted molar refractivity (Wildman–Crippen MR) is 76.7 cm³/mol. The van der Waals surface area contributed by atoms with Gasteiger partial charge in [0.1, 0.15) is 0 Å². The van der Waals surface area contributed by atoms with E-state index in [1.807, 2.05) is 37.3 Å². The van der Waals surface area contributed by atoms with Crippen molar-refractivity contribution < 1.29 is 9.90 Å². The summed E-state index contributed by atoms with van der Waals surface area (Å²) in [5, 5.41) is 12.2. The van der Waals surface area contributed by atoms with Gasteiger partial charge in [-0.05, 0) is 25.3 Å². The summed E-state index contributed by atoms with van der Waals surface area (Å²) in [5.41, 5.74) is 6.18. The van der Waals surface area contributed by atoms with Crippen molar-refractivity contribution in [2.45, 2.75) is 44.7 Å². The van der Waals surface area contributed by atoms with Crippen LogP contribution in [0.25, 0.3) is 0 Å². The molecule has 0 heterocycles. The number of hydrogen-bond donors (Lipinski definition) is 3. The number of benzene rings is 1. The summed E-state index contributed by atoms with van der Waals surface area (Å²) in [5.74, 6) is -0.204. The molecule has 19 heavy (non-hydrogen) atoms. The normalized spacial score (nSPS) is 15.6. The third-order valence-corrected chi connectivity index (χ3v) is 3.17. The smallest absolute Gasteiger partial charge is 0.240 e. The Bertz CT molecular complexity index is 390. The third-order valence-electron chi connectivity index (χ3n) is 3.17. The molecule has 0 fully saturated rings. The molecule has 1 aromatic carbocycles.